The van der Waals surface area contributed by atoms with Crippen LogP contribution in [0, 0.1) is 0 Å². The highest BCUT2D eigenvalue weighted by atomic mass is 16.6. The highest BCUT2D eigenvalue weighted by molar-refractivity contribution is 5.82. The van der Waals surface area contributed by atoms with Crippen molar-refractivity contribution >= 4 is 23.9 Å². The molecular formula is C20H28O8. The molecule has 8 heteroatoms. The van der Waals surface area contributed by atoms with Gasteiger partial charge in [-0.3, -0.25) is 4.79 Å². The molecule has 0 N–H and O–H groups in total. The highest BCUT2D eigenvalue weighted by Gasteiger charge is 2.27. The maximum absolute atomic E-state index is 11.6. The fourth-order valence-corrected chi connectivity index (χ4v) is 2.45. The molecule has 0 saturated heterocycles. The fraction of sp³-hybridized carbons (Fsp3) is 0.500. The number of rotatable bonds is 13. The van der Waals surface area contributed by atoms with Gasteiger partial charge in [0, 0.05) is 44.4 Å². The first-order chi connectivity index (χ1) is 13.1. The molecule has 8 nitrogen and oxygen atoms in total. The Bertz CT molecular complexity index is 595. The molecule has 0 bridgehead atoms. The minimum atomic E-state index is -0.732. The minimum absolute atomic E-state index is 0.116. The zero-order valence-electron chi connectivity index (χ0n) is 16.6. The van der Waals surface area contributed by atoms with E-state index in [9.17, 15) is 19.2 Å². The first-order valence-corrected chi connectivity index (χ1v) is 8.77. The molecule has 0 aliphatic carbocycles. The van der Waals surface area contributed by atoms with Gasteiger partial charge in [0.15, 0.2) is 0 Å². The van der Waals surface area contributed by atoms with Gasteiger partial charge in [-0.2, -0.15) is 0 Å². The molecule has 156 valence electrons. The van der Waals surface area contributed by atoms with Crippen molar-refractivity contribution in [3.63, 3.8) is 0 Å². The number of hydrogen-bond acceptors (Lipinski definition) is 8. The predicted octanol–water partition coefficient (Wildman–Crippen LogP) is 2.42. The van der Waals surface area contributed by atoms with Crippen LogP contribution < -0.4 is 0 Å². The van der Waals surface area contributed by atoms with Crippen LogP contribution in [0.1, 0.15) is 40.0 Å². The van der Waals surface area contributed by atoms with Gasteiger partial charge in [-0.25, -0.2) is 14.4 Å². The Hall–Kier alpha value is -2.90. The summed E-state index contributed by atoms with van der Waals surface area (Å²) in [6.45, 7) is 14.5. The first kappa shape index (κ1) is 25.1. The standard InChI is InChI=1S/C20H28O8/c1-7-18(22)25-13(4)10-16(27-15(6)21)12-17(28-20(24)9-3)11-14(5)26-19(23)8-2/h7-9,13-14,16-17H,1-3,10-12H2,4-6H3. The Labute approximate surface area is 165 Å². The van der Waals surface area contributed by atoms with Crippen molar-refractivity contribution in [2.75, 3.05) is 0 Å². The Morgan fingerprint density at radius 3 is 1.39 bits per heavy atom. The molecule has 0 rings (SSSR count). The van der Waals surface area contributed by atoms with E-state index in [1.807, 2.05) is 0 Å². The molecule has 0 saturated carbocycles. The second-order valence-corrected chi connectivity index (χ2v) is 6.10. The van der Waals surface area contributed by atoms with Crippen molar-refractivity contribution in [2.24, 2.45) is 0 Å². The Kier molecular flexibility index (Phi) is 11.9. The van der Waals surface area contributed by atoms with Crippen molar-refractivity contribution in [3.8, 4) is 0 Å². The zero-order chi connectivity index (χ0) is 21.7. The molecule has 0 radical (unpaired) electrons. The SMILES string of the molecule is C=CC(=O)OC(C)CC(CC(CC(C)OC(=O)C=C)OC(=O)C=C)OC(C)=O. The normalized spacial score (nSPS) is 14.4. The van der Waals surface area contributed by atoms with E-state index in [0.29, 0.717) is 0 Å². The van der Waals surface area contributed by atoms with Crippen LogP contribution in [-0.2, 0) is 38.1 Å². The number of carbonyl (C=O) groups is 4. The van der Waals surface area contributed by atoms with Gasteiger partial charge in [-0.05, 0) is 13.8 Å². The summed E-state index contributed by atoms with van der Waals surface area (Å²) in [6, 6.07) is 0. The van der Waals surface area contributed by atoms with Crippen molar-refractivity contribution in [1.82, 2.24) is 0 Å². The van der Waals surface area contributed by atoms with Gasteiger partial charge in [0.1, 0.15) is 24.4 Å². The van der Waals surface area contributed by atoms with Crippen LogP contribution in [0.25, 0.3) is 0 Å². The average Bonchev–Trinajstić information content (AvgIpc) is 2.60. The Balaban J connectivity index is 5.17. The lowest BCUT2D eigenvalue weighted by Crippen LogP contribution is -2.32. The molecule has 0 amide bonds. The van der Waals surface area contributed by atoms with E-state index < -0.39 is 48.3 Å². The molecular weight excluding hydrogens is 368 g/mol. The van der Waals surface area contributed by atoms with E-state index in [1.54, 1.807) is 13.8 Å². The summed E-state index contributed by atoms with van der Waals surface area (Å²) in [5.74, 6) is -2.41. The zero-order valence-corrected chi connectivity index (χ0v) is 16.6. The summed E-state index contributed by atoms with van der Waals surface area (Å²) in [5, 5.41) is 0. The van der Waals surface area contributed by atoms with Crippen molar-refractivity contribution < 1.29 is 38.1 Å². The molecule has 0 heterocycles. The number of carbonyl (C=O) groups excluding carboxylic acids is 4. The van der Waals surface area contributed by atoms with Crippen LogP contribution in [0.15, 0.2) is 38.0 Å². The van der Waals surface area contributed by atoms with Gasteiger partial charge in [-0.15, -0.1) is 0 Å². The summed E-state index contributed by atoms with van der Waals surface area (Å²) in [6.07, 6.45) is 0.942. The largest absolute Gasteiger partial charge is 0.462 e. The van der Waals surface area contributed by atoms with E-state index in [1.165, 1.54) is 6.92 Å². The summed E-state index contributed by atoms with van der Waals surface area (Å²) < 4.78 is 20.7. The van der Waals surface area contributed by atoms with Crippen LogP contribution >= 0.6 is 0 Å². The van der Waals surface area contributed by atoms with Crippen LogP contribution in [0.2, 0.25) is 0 Å². The van der Waals surface area contributed by atoms with Gasteiger partial charge in [0.25, 0.3) is 0 Å². The molecule has 0 fully saturated rings. The van der Waals surface area contributed by atoms with Crippen molar-refractivity contribution in [2.45, 2.75) is 64.4 Å². The van der Waals surface area contributed by atoms with Crippen LogP contribution in [0.4, 0.5) is 0 Å². The first-order valence-electron chi connectivity index (χ1n) is 8.77. The van der Waals surface area contributed by atoms with E-state index in [4.69, 9.17) is 18.9 Å². The minimum Gasteiger partial charge on any atom is -0.462 e. The Morgan fingerprint density at radius 1 is 0.679 bits per heavy atom. The van der Waals surface area contributed by atoms with Gasteiger partial charge < -0.3 is 18.9 Å². The molecule has 0 aromatic carbocycles. The van der Waals surface area contributed by atoms with Crippen LogP contribution in [0.5, 0.6) is 0 Å². The molecule has 0 spiro atoms. The third-order valence-corrected chi connectivity index (χ3v) is 3.47. The third-order valence-electron chi connectivity index (χ3n) is 3.47. The van der Waals surface area contributed by atoms with Crippen molar-refractivity contribution in [3.05, 3.63) is 38.0 Å². The number of ether oxygens (including phenoxy) is 4. The van der Waals surface area contributed by atoms with Crippen LogP contribution in [0.3, 0.4) is 0 Å². The van der Waals surface area contributed by atoms with Gasteiger partial charge in [0.05, 0.1) is 0 Å². The second-order valence-electron chi connectivity index (χ2n) is 6.10. The smallest absolute Gasteiger partial charge is 0.330 e. The lowest BCUT2D eigenvalue weighted by Gasteiger charge is -2.26. The van der Waals surface area contributed by atoms with Gasteiger partial charge in [0.2, 0.25) is 0 Å². The summed E-state index contributed by atoms with van der Waals surface area (Å²) in [7, 11) is 0. The van der Waals surface area contributed by atoms with Gasteiger partial charge >= 0.3 is 23.9 Å². The maximum atomic E-state index is 11.6. The monoisotopic (exact) mass is 396 g/mol. The summed E-state index contributed by atoms with van der Waals surface area (Å²) in [5.41, 5.74) is 0. The predicted molar refractivity (Wildman–Crippen MR) is 101 cm³/mol. The molecule has 4 unspecified atom stereocenters. The fourth-order valence-electron chi connectivity index (χ4n) is 2.45. The average molecular weight is 396 g/mol. The third kappa shape index (κ3) is 11.7. The highest BCUT2D eigenvalue weighted by Crippen LogP contribution is 2.19. The Morgan fingerprint density at radius 2 is 1.04 bits per heavy atom. The second kappa shape index (κ2) is 13.3. The molecule has 4 atom stereocenters. The van der Waals surface area contributed by atoms with E-state index >= 15 is 0 Å². The molecule has 0 aliphatic rings. The summed E-state index contributed by atoms with van der Waals surface area (Å²) >= 11 is 0. The maximum Gasteiger partial charge on any atom is 0.330 e. The summed E-state index contributed by atoms with van der Waals surface area (Å²) in [4.78, 5) is 45.7. The number of esters is 4. The quantitative estimate of drug-likeness (QED) is 0.265. The number of hydrogen-bond donors (Lipinski definition) is 0. The molecule has 0 aromatic heterocycles. The van der Waals surface area contributed by atoms with Gasteiger partial charge in [-0.1, -0.05) is 19.7 Å². The van der Waals surface area contributed by atoms with Crippen molar-refractivity contribution in [1.29, 1.82) is 0 Å². The molecule has 28 heavy (non-hydrogen) atoms. The lowest BCUT2D eigenvalue weighted by atomic mass is 10.0. The van der Waals surface area contributed by atoms with Crippen LogP contribution in [-0.4, -0.2) is 48.3 Å². The lowest BCUT2D eigenvalue weighted by molar-refractivity contribution is -0.155. The topological polar surface area (TPSA) is 105 Å². The molecule has 0 aliphatic heterocycles. The van der Waals surface area contributed by atoms with E-state index in [2.05, 4.69) is 19.7 Å². The molecule has 0 aromatic rings. The van der Waals surface area contributed by atoms with E-state index in [0.717, 1.165) is 18.2 Å². The van der Waals surface area contributed by atoms with E-state index in [-0.39, 0.29) is 19.3 Å².